The van der Waals surface area contributed by atoms with Crippen LogP contribution < -0.4 is 5.32 Å². The molecule has 0 aromatic heterocycles. The Morgan fingerprint density at radius 2 is 2.08 bits per heavy atom. The number of anilines is 1. The Labute approximate surface area is 160 Å². The first kappa shape index (κ1) is 19.2. The first-order valence-electron chi connectivity index (χ1n) is 9.71. The summed E-state index contributed by atoms with van der Waals surface area (Å²) in [6.45, 7) is 3.28. The van der Waals surface area contributed by atoms with Gasteiger partial charge in [-0.25, -0.2) is 0 Å². The number of piperidine rings is 1. The quantitative estimate of drug-likeness (QED) is 0.400. The second-order valence-electron chi connectivity index (χ2n) is 7.44. The van der Waals surface area contributed by atoms with Crippen LogP contribution in [0.3, 0.4) is 0 Å². The molecule has 0 bridgehead atoms. The van der Waals surface area contributed by atoms with Gasteiger partial charge in [-0.15, -0.1) is 0 Å². The Hall–Kier alpha value is -1.59. The average molecular weight is 378 g/mol. The number of benzene rings is 1. The molecule has 26 heavy (non-hydrogen) atoms. The molecule has 1 aromatic rings. The van der Waals surface area contributed by atoms with Crippen LogP contribution in [0, 0.1) is 16.0 Å². The normalized spacial score (nSPS) is 21.7. The highest BCUT2D eigenvalue weighted by atomic mass is 35.5. The highest BCUT2D eigenvalue weighted by Crippen LogP contribution is 2.29. The topological polar surface area (TPSA) is 58.4 Å². The second kappa shape index (κ2) is 9.38. The van der Waals surface area contributed by atoms with E-state index in [1.54, 1.807) is 12.1 Å². The largest absolute Gasteiger partial charge is 0.377 e. The van der Waals surface area contributed by atoms with E-state index in [2.05, 4.69) is 22.4 Å². The fourth-order valence-electron chi connectivity index (χ4n) is 4.00. The Balaban J connectivity index is 1.42. The van der Waals surface area contributed by atoms with Crippen molar-refractivity contribution < 1.29 is 4.92 Å². The van der Waals surface area contributed by atoms with Crippen LogP contribution in [-0.2, 0) is 0 Å². The molecule has 3 rings (SSSR count). The summed E-state index contributed by atoms with van der Waals surface area (Å²) < 4.78 is 0. The number of hydrogen-bond donors (Lipinski definition) is 1. The van der Waals surface area contributed by atoms with Gasteiger partial charge in [-0.2, -0.15) is 0 Å². The van der Waals surface area contributed by atoms with Crippen LogP contribution in [0.2, 0.25) is 5.02 Å². The van der Waals surface area contributed by atoms with E-state index in [1.165, 1.54) is 38.2 Å². The van der Waals surface area contributed by atoms with Gasteiger partial charge in [-0.3, -0.25) is 10.1 Å². The molecule has 1 fully saturated rings. The van der Waals surface area contributed by atoms with Crippen LogP contribution in [0.15, 0.2) is 30.4 Å². The van der Waals surface area contributed by atoms with Gasteiger partial charge in [0.05, 0.1) is 4.92 Å². The van der Waals surface area contributed by atoms with E-state index in [9.17, 15) is 10.1 Å². The summed E-state index contributed by atoms with van der Waals surface area (Å²) in [7, 11) is 0. The Bertz CT molecular complexity index is 642. The summed E-state index contributed by atoms with van der Waals surface area (Å²) in [5.74, 6) is 0.786. The molecule has 1 unspecified atom stereocenters. The zero-order chi connectivity index (χ0) is 18.4. The van der Waals surface area contributed by atoms with E-state index in [-0.39, 0.29) is 16.7 Å². The standard InChI is InChI=1S/C20H28ClN3O2/c21-17-8-9-19(20(15-17)24(25)26)22-18-10-13-23(14-11-18)12-4-7-16-5-2-1-3-6-16/h2,5,8-9,15-16,18,22H,1,3-4,6-7,10-14H2. The Morgan fingerprint density at radius 3 is 2.77 bits per heavy atom. The van der Waals surface area contributed by atoms with Crippen LogP contribution in [0.1, 0.15) is 44.9 Å². The van der Waals surface area contributed by atoms with Crippen molar-refractivity contribution in [2.24, 2.45) is 5.92 Å². The predicted octanol–water partition coefficient (Wildman–Crippen LogP) is 5.26. The molecule has 0 spiro atoms. The maximum absolute atomic E-state index is 11.2. The van der Waals surface area contributed by atoms with E-state index in [4.69, 9.17) is 11.6 Å². The van der Waals surface area contributed by atoms with Gasteiger partial charge in [0.1, 0.15) is 5.69 Å². The molecule has 1 heterocycles. The van der Waals surface area contributed by atoms with Crippen LogP contribution >= 0.6 is 11.6 Å². The van der Waals surface area contributed by atoms with Crippen molar-refractivity contribution >= 4 is 23.0 Å². The first-order valence-corrected chi connectivity index (χ1v) is 10.1. The third kappa shape index (κ3) is 5.45. The number of nitro benzene ring substituents is 1. The van der Waals surface area contributed by atoms with Gasteiger partial charge < -0.3 is 10.2 Å². The van der Waals surface area contributed by atoms with Gasteiger partial charge in [-0.1, -0.05) is 23.8 Å². The molecule has 1 N–H and O–H groups in total. The van der Waals surface area contributed by atoms with E-state index < -0.39 is 0 Å². The molecule has 2 aliphatic rings. The van der Waals surface area contributed by atoms with Crippen LogP contribution in [0.4, 0.5) is 11.4 Å². The van der Waals surface area contributed by atoms with Crippen molar-refractivity contribution in [1.82, 2.24) is 4.90 Å². The fourth-order valence-corrected chi connectivity index (χ4v) is 4.17. The number of hydrogen-bond acceptors (Lipinski definition) is 4. The summed E-state index contributed by atoms with van der Waals surface area (Å²) >= 11 is 5.88. The lowest BCUT2D eigenvalue weighted by Gasteiger charge is -2.33. The van der Waals surface area contributed by atoms with Crippen LogP contribution in [0.25, 0.3) is 0 Å². The first-order chi connectivity index (χ1) is 12.6. The summed E-state index contributed by atoms with van der Waals surface area (Å²) in [4.78, 5) is 13.4. The summed E-state index contributed by atoms with van der Waals surface area (Å²) in [6, 6.07) is 5.11. The lowest BCUT2D eigenvalue weighted by atomic mass is 9.92. The molecule has 0 amide bonds. The van der Waals surface area contributed by atoms with Crippen molar-refractivity contribution in [3.05, 3.63) is 45.5 Å². The minimum atomic E-state index is -0.372. The molecule has 1 aliphatic carbocycles. The van der Waals surface area contributed by atoms with Crippen molar-refractivity contribution in [2.75, 3.05) is 25.0 Å². The molecule has 1 saturated heterocycles. The number of allylic oxidation sites excluding steroid dienone is 2. The molecule has 0 saturated carbocycles. The smallest absolute Gasteiger partial charge is 0.293 e. The molecule has 6 heteroatoms. The number of likely N-dealkylation sites (tertiary alicyclic amines) is 1. The summed E-state index contributed by atoms with van der Waals surface area (Å²) in [5.41, 5.74) is 0.627. The molecular weight excluding hydrogens is 350 g/mol. The number of halogens is 1. The van der Waals surface area contributed by atoms with E-state index in [0.29, 0.717) is 10.7 Å². The van der Waals surface area contributed by atoms with Crippen molar-refractivity contribution in [3.8, 4) is 0 Å². The summed E-state index contributed by atoms with van der Waals surface area (Å²) in [5, 5.41) is 15.0. The monoisotopic (exact) mass is 377 g/mol. The maximum atomic E-state index is 11.2. The molecule has 142 valence electrons. The van der Waals surface area contributed by atoms with Crippen molar-refractivity contribution in [2.45, 2.75) is 51.0 Å². The molecule has 0 radical (unpaired) electrons. The van der Waals surface area contributed by atoms with Gasteiger partial charge in [0.25, 0.3) is 5.69 Å². The number of nitrogens with one attached hydrogen (secondary N) is 1. The molecule has 1 atom stereocenters. The van der Waals surface area contributed by atoms with E-state index in [0.717, 1.165) is 38.4 Å². The number of nitro groups is 1. The fraction of sp³-hybridized carbons (Fsp3) is 0.600. The third-order valence-electron chi connectivity index (χ3n) is 5.51. The predicted molar refractivity (Wildman–Crippen MR) is 107 cm³/mol. The van der Waals surface area contributed by atoms with Crippen molar-refractivity contribution in [1.29, 1.82) is 0 Å². The zero-order valence-electron chi connectivity index (χ0n) is 15.2. The highest BCUT2D eigenvalue weighted by molar-refractivity contribution is 6.30. The van der Waals surface area contributed by atoms with Gasteiger partial charge in [-0.05, 0) is 69.5 Å². The SMILES string of the molecule is O=[N+]([O-])c1cc(Cl)ccc1NC1CCN(CCCC2C=CCCC2)CC1. The van der Waals surface area contributed by atoms with Crippen LogP contribution in [0.5, 0.6) is 0 Å². The average Bonchev–Trinajstić information content (AvgIpc) is 2.65. The minimum absolute atomic E-state index is 0.0560. The Morgan fingerprint density at radius 1 is 1.27 bits per heavy atom. The second-order valence-corrected chi connectivity index (χ2v) is 7.88. The molecule has 1 aliphatic heterocycles. The molecular formula is C20H28ClN3O2. The van der Waals surface area contributed by atoms with Crippen molar-refractivity contribution in [3.63, 3.8) is 0 Å². The van der Waals surface area contributed by atoms with Gasteiger partial charge in [0.2, 0.25) is 0 Å². The van der Waals surface area contributed by atoms with Crippen LogP contribution in [-0.4, -0.2) is 35.5 Å². The minimum Gasteiger partial charge on any atom is -0.377 e. The lowest BCUT2D eigenvalue weighted by molar-refractivity contribution is -0.384. The summed E-state index contributed by atoms with van der Waals surface area (Å²) in [6.07, 6.45) is 13.3. The molecule has 1 aromatic carbocycles. The van der Waals surface area contributed by atoms with Gasteiger partial charge in [0.15, 0.2) is 0 Å². The van der Waals surface area contributed by atoms with Gasteiger partial charge >= 0.3 is 0 Å². The highest BCUT2D eigenvalue weighted by Gasteiger charge is 2.22. The van der Waals surface area contributed by atoms with E-state index in [1.807, 2.05) is 0 Å². The zero-order valence-corrected chi connectivity index (χ0v) is 16.0. The third-order valence-corrected chi connectivity index (χ3v) is 5.74. The van der Waals surface area contributed by atoms with Gasteiger partial charge in [0, 0.05) is 30.2 Å². The number of nitrogens with zero attached hydrogens (tertiary/aromatic N) is 2. The van der Waals surface area contributed by atoms with E-state index >= 15 is 0 Å². The molecule has 5 nitrogen and oxygen atoms in total. The lowest BCUT2D eigenvalue weighted by Crippen LogP contribution is -2.39. The number of rotatable bonds is 7. The Kier molecular flexibility index (Phi) is 6.92. The maximum Gasteiger partial charge on any atom is 0.293 e.